The van der Waals surface area contributed by atoms with Crippen molar-refractivity contribution < 1.29 is 0 Å². The van der Waals surface area contributed by atoms with Crippen molar-refractivity contribution in [2.24, 2.45) is 0 Å². The van der Waals surface area contributed by atoms with Crippen LogP contribution >= 0.6 is 23.1 Å². The van der Waals surface area contributed by atoms with Crippen LogP contribution < -0.4 is 5.73 Å². The third-order valence-electron chi connectivity index (χ3n) is 2.68. The van der Waals surface area contributed by atoms with E-state index >= 15 is 0 Å². The Hall–Kier alpha value is -1.00. The summed E-state index contributed by atoms with van der Waals surface area (Å²) < 4.78 is 1.08. The van der Waals surface area contributed by atoms with E-state index in [1.807, 2.05) is 0 Å². The first kappa shape index (κ1) is 13.4. The van der Waals surface area contributed by atoms with Crippen LogP contribution in [0.1, 0.15) is 25.3 Å². The van der Waals surface area contributed by atoms with Gasteiger partial charge in [-0.15, -0.1) is 0 Å². The number of unbranched alkanes of at least 4 members (excludes halogenated alkanes) is 1. The number of thioether (sulfide) groups is 1. The van der Waals surface area contributed by atoms with Crippen molar-refractivity contribution in [2.45, 2.75) is 31.0 Å². The molecule has 0 bridgehead atoms. The number of nitrogens with two attached hydrogens (primary N) is 1. The summed E-state index contributed by atoms with van der Waals surface area (Å²) in [6.07, 6.45) is 2.45. The number of hydrogen-bond donors (Lipinski definition) is 1. The van der Waals surface area contributed by atoms with Crippen LogP contribution in [0.15, 0.2) is 28.6 Å². The van der Waals surface area contributed by atoms with Gasteiger partial charge >= 0.3 is 0 Å². The van der Waals surface area contributed by atoms with Crippen molar-refractivity contribution in [3.8, 4) is 11.3 Å². The Bertz CT molecular complexity index is 503. The molecule has 96 valence electrons. The first-order valence-corrected chi connectivity index (χ1v) is 7.97. The molecular formula is C14H18N2S2. The monoisotopic (exact) mass is 278 g/mol. The third-order valence-corrected chi connectivity index (χ3v) is 4.80. The van der Waals surface area contributed by atoms with Gasteiger partial charge in [0.25, 0.3) is 0 Å². The molecule has 0 amide bonds. The average molecular weight is 278 g/mol. The third kappa shape index (κ3) is 3.27. The number of rotatable bonds is 5. The summed E-state index contributed by atoms with van der Waals surface area (Å²) in [7, 11) is 0. The molecule has 0 atom stereocenters. The van der Waals surface area contributed by atoms with Crippen LogP contribution in [0.2, 0.25) is 0 Å². The number of nitrogens with zero attached hydrogens (tertiary/aromatic N) is 1. The van der Waals surface area contributed by atoms with Gasteiger partial charge in [0, 0.05) is 11.3 Å². The normalized spacial score (nSPS) is 10.8. The van der Waals surface area contributed by atoms with Crippen molar-refractivity contribution in [3.63, 3.8) is 0 Å². The second-order valence-electron chi connectivity index (χ2n) is 4.26. The lowest BCUT2D eigenvalue weighted by Crippen LogP contribution is -1.85. The van der Waals surface area contributed by atoms with Gasteiger partial charge in [0.15, 0.2) is 4.34 Å². The molecular weight excluding hydrogens is 260 g/mol. The van der Waals surface area contributed by atoms with Gasteiger partial charge in [-0.1, -0.05) is 66.3 Å². The lowest BCUT2D eigenvalue weighted by atomic mass is 10.1. The zero-order valence-electron chi connectivity index (χ0n) is 10.8. The maximum atomic E-state index is 6.06. The maximum absolute atomic E-state index is 6.06. The van der Waals surface area contributed by atoms with E-state index in [0.29, 0.717) is 0 Å². The molecule has 2 rings (SSSR count). The minimum atomic E-state index is 0.817. The second-order valence-corrected chi connectivity index (χ2v) is 6.63. The Morgan fingerprint density at radius 2 is 2.00 bits per heavy atom. The summed E-state index contributed by atoms with van der Waals surface area (Å²) in [4.78, 5) is 4.64. The first-order chi connectivity index (χ1) is 8.70. The summed E-state index contributed by atoms with van der Waals surface area (Å²) in [5.41, 5.74) is 9.35. The number of aryl methyl sites for hydroxylation is 1. The van der Waals surface area contributed by atoms with Gasteiger partial charge in [-0.2, -0.15) is 0 Å². The maximum Gasteiger partial charge on any atom is 0.152 e. The largest absolute Gasteiger partial charge is 0.389 e. The van der Waals surface area contributed by atoms with Gasteiger partial charge < -0.3 is 5.73 Å². The summed E-state index contributed by atoms with van der Waals surface area (Å²) in [5, 5.41) is 0.817. The topological polar surface area (TPSA) is 38.9 Å². The zero-order valence-corrected chi connectivity index (χ0v) is 12.4. The van der Waals surface area contributed by atoms with E-state index in [0.717, 1.165) is 26.4 Å². The Labute approximate surface area is 117 Å². The first-order valence-electron chi connectivity index (χ1n) is 6.17. The van der Waals surface area contributed by atoms with Crippen molar-refractivity contribution in [1.29, 1.82) is 0 Å². The summed E-state index contributed by atoms with van der Waals surface area (Å²) in [6, 6.07) is 8.36. The van der Waals surface area contributed by atoms with E-state index < -0.39 is 0 Å². The highest BCUT2D eigenvalue weighted by atomic mass is 32.2. The average Bonchev–Trinajstić information content (AvgIpc) is 2.72. The van der Waals surface area contributed by atoms with E-state index in [1.165, 1.54) is 18.4 Å². The zero-order chi connectivity index (χ0) is 13.0. The van der Waals surface area contributed by atoms with E-state index in [9.17, 15) is 0 Å². The Kier molecular flexibility index (Phi) is 4.66. The van der Waals surface area contributed by atoms with Crippen molar-refractivity contribution in [3.05, 3.63) is 29.8 Å². The van der Waals surface area contributed by atoms with Crippen LogP contribution in [0.5, 0.6) is 0 Å². The number of nitrogen functional groups attached to an aromatic ring is 1. The van der Waals surface area contributed by atoms with Crippen LogP contribution in [0.3, 0.4) is 0 Å². The predicted octanol–water partition coefficient (Wildman–Crippen LogP) is 4.59. The number of anilines is 1. The number of thiazole rings is 1. The second kappa shape index (κ2) is 6.25. The quantitative estimate of drug-likeness (QED) is 0.642. The fourth-order valence-corrected chi connectivity index (χ4v) is 3.70. The summed E-state index contributed by atoms with van der Waals surface area (Å²) >= 11 is 3.40. The number of hydrogen-bond acceptors (Lipinski definition) is 4. The van der Waals surface area contributed by atoms with Gasteiger partial charge in [-0.05, 0) is 13.3 Å². The van der Waals surface area contributed by atoms with E-state index in [4.69, 9.17) is 5.73 Å². The SMILES string of the molecule is CCCCSc1nc(-c2ccc(C)cc2)c(N)s1. The number of aromatic nitrogens is 1. The molecule has 1 heterocycles. The molecule has 0 aliphatic carbocycles. The molecule has 18 heavy (non-hydrogen) atoms. The number of benzene rings is 1. The Morgan fingerprint density at radius 1 is 1.28 bits per heavy atom. The van der Waals surface area contributed by atoms with Crippen molar-refractivity contribution in [2.75, 3.05) is 11.5 Å². The Balaban J connectivity index is 2.16. The standard InChI is InChI=1S/C14H18N2S2/c1-3-4-9-17-14-16-12(13(15)18-14)11-7-5-10(2)6-8-11/h5-8H,3-4,9,15H2,1-2H3. The molecule has 0 aliphatic heterocycles. The highest BCUT2D eigenvalue weighted by Gasteiger charge is 2.10. The van der Waals surface area contributed by atoms with Gasteiger partial charge in [0.2, 0.25) is 0 Å². The lowest BCUT2D eigenvalue weighted by Gasteiger charge is -1.98. The highest BCUT2D eigenvalue weighted by molar-refractivity contribution is 8.01. The van der Waals surface area contributed by atoms with Gasteiger partial charge in [0.05, 0.1) is 0 Å². The van der Waals surface area contributed by atoms with Crippen LogP contribution in [-0.2, 0) is 0 Å². The summed E-state index contributed by atoms with van der Waals surface area (Å²) in [6.45, 7) is 4.29. The van der Waals surface area contributed by atoms with Crippen LogP contribution in [-0.4, -0.2) is 10.7 Å². The smallest absolute Gasteiger partial charge is 0.152 e. The van der Waals surface area contributed by atoms with Gasteiger partial charge in [-0.25, -0.2) is 4.98 Å². The molecule has 0 aliphatic rings. The minimum Gasteiger partial charge on any atom is -0.389 e. The van der Waals surface area contributed by atoms with Crippen LogP contribution in [0, 0.1) is 6.92 Å². The molecule has 0 unspecified atom stereocenters. The van der Waals surface area contributed by atoms with Crippen molar-refractivity contribution in [1.82, 2.24) is 4.98 Å². The van der Waals surface area contributed by atoms with Crippen LogP contribution in [0.4, 0.5) is 5.00 Å². The van der Waals surface area contributed by atoms with Gasteiger partial charge in [-0.3, -0.25) is 0 Å². The molecule has 2 nitrogen and oxygen atoms in total. The Morgan fingerprint density at radius 3 is 2.67 bits per heavy atom. The minimum absolute atomic E-state index is 0.817. The molecule has 2 aromatic rings. The van der Waals surface area contributed by atoms with E-state index in [-0.39, 0.29) is 0 Å². The summed E-state index contributed by atoms with van der Waals surface area (Å²) in [5.74, 6) is 1.12. The fourth-order valence-electron chi connectivity index (χ4n) is 1.60. The fraction of sp³-hybridized carbons (Fsp3) is 0.357. The van der Waals surface area contributed by atoms with Crippen LogP contribution in [0.25, 0.3) is 11.3 Å². The van der Waals surface area contributed by atoms with Crippen molar-refractivity contribution >= 4 is 28.1 Å². The lowest BCUT2D eigenvalue weighted by molar-refractivity contribution is 0.896. The molecule has 0 saturated carbocycles. The molecule has 0 spiro atoms. The molecule has 0 fully saturated rings. The highest BCUT2D eigenvalue weighted by Crippen LogP contribution is 2.35. The van der Waals surface area contributed by atoms with E-state index in [1.54, 1.807) is 23.1 Å². The molecule has 4 heteroatoms. The van der Waals surface area contributed by atoms with E-state index in [2.05, 4.69) is 43.1 Å². The molecule has 1 aromatic carbocycles. The predicted molar refractivity (Wildman–Crippen MR) is 82.3 cm³/mol. The molecule has 2 N–H and O–H groups in total. The molecule has 0 radical (unpaired) electrons. The molecule has 1 aromatic heterocycles. The van der Waals surface area contributed by atoms with Gasteiger partial charge in [0.1, 0.15) is 10.7 Å². The molecule has 0 saturated heterocycles.